The van der Waals surface area contributed by atoms with Gasteiger partial charge in [-0.05, 0) is 18.2 Å². The molecule has 0 aliphatic rings. The number of carboxylic acid groups (broad SMARTS) is 1. The van der Waals surface area contributed by atoms with Gasteiger partial charge in [0, 0.05) is 24.9 Å². The summed E-state index contributed by atoms with van der Waals surface area (Å²) >= 11 is 1.37. The van der Waals surface area contributed by atoms with Gasteiger partial charge in [-0.25, -0.2) is 9.78 Å². The molecule has 0 bridgehead atoms. The van der Waals surface area contributed by atoms with Gasteiger partial charge in [0.2, 0.25) is 0 Å². The molecule has 1 aromatic carbocycles. The Hall–Kier alpha value is -1.76. The van der Waals surface area contributed by atoms with Crippen molar-refractivity contribution in [2.24, 2.45) is 0 Å². The Kier molecular flexibility index (Phi) is 5.44. The molecule has 0 aliphatic heterocycles. The molecular formula is C15H18N2O3S. The lowest BCUT2D eigenvalue weighted by atomic mass is 10.1. The van der Waals surface area contributed by atoms with Gasteiger partial charge in [-0.3, -0.25) is 4.90 Å². The van der Waals surface area contributed by atoms with Crippen LogP contribution in [0.15, 0.2) is 29.6 Å². The number of carbonyl (C=O) groups is 1. The number of aliphatic hydroxyl groups is 1. The minimum atomic E-state index is -0.986. The van der Waals surface area contributed by atoms with Crippen molar-refractivity contribution in [1.82, 2.24) is 9.88 Å². The van der Waals surface area contributed by atoms with Gasteiger partial charge in [0.15, 0.2) is 5.69 Å². The summed E-state index contributed by atoms with van der Waals surface area (Å²) in [6.07, 6.45) is 0.644. The Balaban J connectivity index is 1.96. The summed E-state index contributed by atoms with van der Waals surface area (Å²) in [5.74, 6) is -0.986. The van der Waals surface area contributed by atoms with Crippen LogP contribution in [0.1, 0.15) is 26.6 Å². The molecule has 0 saturated heterocycles. The fourth-order valence-corrected chi connectivity index (χ4v) is 2.79. The van der Waals surface area contributed by atoms with Crippen LogP contribution in [0.2, 0.25) is 0 Å². The first-order valence-corrected chi connectivity index (χ1v) is 7.51. The zero-order valence-electron chi connectivity index (χ0n) is 11.8. The summed E-state index contributed by atoms with van der Waals surface area (Å²) in [7, 11) is 1.97. The zero-order valence-corrected chi connectivity index (χ0v) is 12.6. The number of benzene rings is 1. The summed E-state index contributed by atoms with van der Waals surface area (Å²) in [6.45, 7) is 1.60. The van der Waals surface area contributed by atoms with Crippen LogP contribution in [0.4, 0.5) is 0 Å². The van der Waals surface area contributed by atoms with Crippen molar-refractivity contribution in [3.8, 4) is 0 Å². The van der Waals surface area contributed by atoms with Crippen molar-refractivity contribution < 1.29 is 15.0 Å². The molecule has 2 rings (SSSR count). The number of aromatic nitrogens is 1. The lowest BCUT2D eigenvalue weighted by Gasteiger charge is -2.15. The predicted octanol–water partition coefficient (Wildman–Crippen LogP) is 1.86. The number of likely N-dealkylation sites (N-methyl/N-ethyl adjacent to an activating group) is 1. The van der Waals surface area contributed by atoms with Crippen molar-refractivity contribution in [1.29, 1.82) is 0 Å². The number of hydrogen-bond acceptors (Lipinski definition) is 5. The maximum absolute atomic E-state index is 10.8. The molecule has 6 heteroatoms. The third-order valence-corrected chi connectivity index (χ3v) is 3.93. The highest BCUT2D eigenvalue weighted by molar-refractivity contribution is 7.09. The van der Waals surface area contributed by atoms with Gasteiger partial charge in [0.05, 0.1) is 11.6 Å². The second-order valence-electron chi connectivity index (χ2n) is 4.89. The van der Waals surface area contributed by atoms with Gasteiger partial charge < -0.3 is 10.2 Å². The molecule has 112 valence electrons. The van der Waals surface area contributed by atoms with Crippen LogP contribution in [-0.2, 0) is 13.0 Å². The Morgan fingerprint density at radius 3 is 2.52 bits per heavy atom. The van der Waals surface area contributed by atoms with Gasteiger partial charge in [-0.15, -0.1) is 11.3 Å². The van der Waals surface area contributed by atoms with Crippen LogP contribution in [0.25, 0.3) is 0 Å². The molecule has 0 aliphatic carbocycles. The standard InChI is InChI=1S/C15H18N2O3S/c1-17(6-7-18)9-12-4-2-11(3-5-12)8-14-16-13(10-21-14)15(19)20/h2-5,10,18H,6-9H2,1H3,(H,19,20). The number of hydrogen-bond donors (Lipinski definition) is 2. The number of nitrogens with zero attached hydrogens (tertiary/aromatic N) is 2. The average molecular weight is 306 g/mol. The van der Waals surface area contributed by atoms with Gasteiger partial charge in [-0.1, -0.05) is 24.3 Å². The Morgan fingerprint density at radius 1 is 1.29 bits per heavy atom. The molecule has 0 fully saturated rings. The van der Waals surface area contributed by atoms with Crippen LogP contribution in [0, 0.1) is 0 Å². The van der Waals surface area contributed by atoms with E-state index in [-0.39, 0.29) is 12.3 Å². The molecule has 2 N–H and O–H groups in total. The van der Waals surface area contributed by atoms with E-state index in [9.17, 15) is 4.79 Å². The third kappa shape index (κ3) is 4.63. The molecule has 0 amide bonds. The highest BCUT2D eigenvalue weighted by Gasteiger charge is 2.09. The fourth-order valence-electron chi connectivity index (χ4n) is 1.99. The van der Waals surface area contributed by atoms with E-state index in [1.54, 1.807) is 5.38 Å². The number of carboxylic acids is 1. The molecule has 21 heavy (non-hydrogen) atoms. The van der Waals surface area contributed by atoms with Crippen molar-refractivity contribution in [3.05, 3.63) is 51.5 Å². The van der Waals surface area contributed by atoms with E-state index in [1.165, 1.54) is 16.9 Å². The van der Waals surface area contributed by atoms with E-state index in [2.05, 4.69) is 22.0 Å². The summed E-state index contributed by atoms with van der Waals surface area (Å²) in [5, 5.41) is 20.1. The van der Waals surface area contributed by atoms with Gasteiger partial charge in [0.1, 0.15) is 0 Å². The Morgan fingerprint density at radius 2 is 1.95 bits per heavy atom. The molecule has 0 spiro atoms. The molecule has 1 aromatic heterocycles. The van der Waals surface area contributed by atoms with E-state index in [0.29, 0.717) is 13.0 Å². The van der Waals surface area contributed by atoms with E-state index in [1.807, 2.05) is 19.2 Å². The van der Waals surface area contributed by atoms with E-state index < -0.39 is 5.97 Å². The van der Waals surface area contributed by atoms with Crippen LogP contribution < -0.4 is 0 Å². The van der Waals surface area contributed by atoms with Gasteiger partial charge in [0.25, 0.3) is 0 Å². The molecule has 1 heterocycles. The zero-order chi connectivity index (χ0) is 15.2. The number of thiazole rings is 1. The fraction of sp³-hybridized carbons (Fsp3) is 0.333. The van der Waals surface area contributed by atoms with Crippen molar-refractivity contribution in [2.45, 2.75) is 13.0 Å². The van der Waals surface area contributed by atoms with E-state index in [4.69, 9.17) is 10.2 Å². The molecule has 0 saturated carbocycles. The Bertz CT molecular complexity index is 595. The van der Waals surface area contributed by atoms with Crippen LogP contribution in [-0.4, -0.2) is 46.3 Å². The first-order chi connectivity index (χ1) is 10.1. The lowest BCUT2D eigenvalue weighted by molar-refractivity contribution is 0.0691. The van der Waals surface area contributed by atoms with Crippen LogP contribution in [0.5, 0.6) is 0 Å². The first kappa shape index (κ1) is 15.6. The monoisotopic (exact) mass is 306 g/mol. The van der Waals surface area contributed by atoms with Crippen molar-refractivity contribution >= 4 is 17.3 Å². The molecule has 5 nitrogen and oxygen atoms in total. The number of aromatic carboxylic acids is 1. The van der Waals surface area contributed by atoms with Crippen LogP contribution in [0.3, 0.4) is 0 Å². The minimum Gasteiger partial charge on any atom is -0.476 e. The minimum absolute atomic E-state index is 0.109. The second kappa shape index (κ2) is 7.31. The smallest absolute Gasteiger partial charge is 0.355 e. The lowest BCUT2D eigenvalue weighted by Crippen LogP contribution is -2.21. The first-order valence-electron chi connectivity index (χ1n) is 6.63. The maximum Gasteiger partial charge on any atom is 0.355 e. The van der Waals surface area contributed by atoms with Crippen LogP contribution >= 0.6 is 11.3 Å². The van der Waals surface area contributed by atoms with E-state index in [0.717, 1.165) is 17.1 Å². The summed E-state index contributed by atoms with van der Waals surface area (Å²) < 4.78 is 0. The molecular weight excluding hydrogens is 288 g/mol. The molecule has 0 unspecified atom stereocenters. The largest absolute Gasteiger partial charge is 0.476 e. The molecule has 2 aromatic rings. The third-order valence-electron chi connectivity index (χ3n) is 3.08. The summed E-state index contributed by atoms with van der Waals surface area (Å²) in [4.78, 5) is 16.9. The Labute approximate surface area is 127 Å². The normalized spacial score (nSPS) is 11.0. The number of aliphatic hydroxyl groups excluding tert-OH is 1. The summed E-state index contributed by atoms with van der Waals surface area (Å²) in [5.41, 5.74) is 2.40. The van der Waals surface area contributed by atoms with E-state index >= 15 is 0 Å². The van der Waals surface area contributed by atoms with Crippen molar-refractivity contribution in [3.63, 3.8) is 0 Å². The predicted molar refractivity (Wildman–Crippen MR) is 81.7 cm³/mol. The van der Waals surface area contributed by atoms with Crippen molar-refractivity contribution in [2.75, 3.05) is 20.2 Å². The summed E-state index contributed by atoms with van der Waals surface area (Å²) in [6, 6.07) is 8.16. The molecule has 0 atom stereocenters. The highest BCUT2D eigenvalue weighted by Crippen LogP contribution is 2.16. The van der Waals surface area contributed by atoms with Gasteiger partial charge >= 0.3 is 5.97 Å². The number of rotatable bonds is 7. The second-order valence-corrected chi connectivity index (χ2v) is 5.83. The molecule has 0 radical (unpaired) electrons. The highest BCUT2D eigenvalue weighted by atomic mass is 32.1. The SMILES string of the molecule is CN(CCO)Cc1ccc(Cc2nc(C(=O)O)cs2)cc1. The topological polar surface area (TPSA) is 73.7 Å². The average Bonchev–Trinajstić information content (AvgIpc) is 2.90. The van der Waals surface area contributed by atoms with Gasteiger partial charge in [-0.2, -0.15) is 0 Å². The maximum atomic E-state index is 10.8. The quantitative estimate of drug-likeness (QED) is 0.817.